The quantitative estimate of drug-likeness (QED) is 0.430. The molecule has 0 unspecified atom stereocenters. The number of methoxy groups -OCH3 is 1. The number of esters is 1. The summed E-state index contributed by atoms with van der Waals surface area (Å²) in [4.78, 5) is 11.6. The summed E-state index contributed by atoms with van der Waals surface area (Å²) in [6.07, 6.45) is 0.735. The molecule has 3 aromatic rings. The molecule has 11 heteroatoms. The van der Waals surface area contributed by atoms with E-state index in [-0.39, 0.29) is 47.6 Å². The Hall–Kier alpha value is -2.95. The van der Waals surface area contributed by atoms with Crippen LogP contribution in [0.2, 0.25) is 5.02 Å². The first-order valence-corrected chi connectivity index (χ1v) is 13.6. The van der Waals surface area contributed by atoms with Gasteiger partial charge in [-0.15, -0.1) is 0 Å². The third-order valence-electron chi connectivity index (χ3n) is 7.22. The van der Waals surface area contributed by atoms with Gasteiger partial charge in [-0.05, 0) is 67.8 Å². The van der Waals surface area contributed by atoms with Gasteiger partial charge in [-0.2, -0.15) is 0 Å². The van der Waals surface area contributed by atoms with E-state index in [4.69, 9.17) is 20.8 Å². The van der Waals surface area contributed by atoms with Crippen LogP contribution in [0, 0.1) is 17.6 Å². The van der Waals surface area contributed by atoms with Crippen molar-refractivity contribution in [3.05, 3.63) is 82.3 Å². The Morgan fingerprint density at radius 2 is 1.86 bits per heavy atom. The Balaban J connectivity index is 1.48. The number of sulfone groups is 1. The molecule has 196 valence electrons. The van der Waals surface area contributed by atoms with Gasteiger partial charge >= 0.3 is 5.97 Å². The van der Waals surface area contributed by atoms with E-state index in [0.717, 1.165) is 12.1 Å². The lowest BCUT2D eigenvalue weighted by Gasteiger charge is -2.49. The number of ether oxygens (including phenoxy) is 2. The molecule has 1 aliphatic heterocycles. The Morgan fingerprint density at radius 1 is 1.14 bits per heavy atom. The fraction of sp³-hybridized carbons (Fsp3) is 0.346. The summed E-state index contributed by atoms with van der Waals surface area (Å²) >= 11 is 5.98. The molecule has 2 aliphatic rings. The van der Waals surface area contributed by atoms with Crippen LogP contribution in [-0.4, -0.2) is 34.1 Å². The van der Waals surface area contributed by atoms with Gasteiger partial charge in [0, 0.05) is 17.0 Å². The van der Waals surface area contributed by atoms with Crippen molar-refractivity contribution < 1.29 is 35.9 Å². The molecule has 3 atom stereocenters. The maximum atomic E-state index is 15.3. The number of hydrogen-bond donors (Lipinski definition) is 1. The highest BCUT2D eigenvalue weighted by Gasteiger charge is 2.59. The van der Waals surface area contributed by atoms with Crippen molar-refractivity contribution in [1.82, 2.24) is 5.32 Å². The summed E-state index contributed by atoms with van der Waals surface area (Å²) in [6.45, 7) is 0.192. The molecule has 0 amide bonds. The lowest BCUT2D eigenvalue weighted by Crippen LogP contribution is -2.55. The first kappa shape index (κ1) is 25.7. The van der Waals surface area contributed by atoms with Crippen molar-refractivity contribution in [3.8, 4) is 5.75 Å². The second-order valence-electron chi connectivity index (χ2n) is 9.20. The number of nitrogens with one attached hydrogen (secondary N) is 1. The Labute approximate surface area is 217 Å². The monoisotopic (exact) mass is 551 g/mol. The fourth-order valence-electron chi connectivity index (χ4n) is 5.45. The van der Waals surface area contributed by atoms with E-state index < -0.39 is 38.1 Å². The Morgan fingerprint density at radius 3 is 2.59 bits per heavy atom. The number of rotatable bonds is 6. The topological polar surface area (TPSA) is 94.8 Å². The van der Waals surface area contributed by atoms with Gasteiger partial charge in [-0.25, -0.2) is 22.0 Å². The van der Waals surface area contributed by atoms with Gasteiger partial charge < -0.3 is 19.2 Å². The molecule has 1 aromatic heterocycles. The summed E-state index contributed by atoms with van der Waals surface area (Å²) in [5, 5.41) is 3.69. The van der Waals surface area contributed by atoms with Crippen LogP contribution in [0.25, 0.3) is 0 Å². The first-order chi connectivity index (χ1) is 17.7. The van der Waals surface area contributed by atoms with Crippen LogP contribution in [-0.2, 0) is 25.9 Å². The van der Waals surface area contributed by atoms with Crippen LogP contribution in [0.4, 0.5) is 8.78 Å². The lowest BCUT2D eigenvalue weighted by molar-refractivity contribution is 0.0562. The van der Waals surface area contributed by atoms with Crippen LogP contribution in [0.5, 0.6) is 5.75 Å². The van der Waals surface area contributed by atoms with Gasteiger partial charge in [0.1, 0.15) is 16.3 Å². The van der Waals surface area contributed by atoms with Crippen molar-refractivity contribution in [1.29, 1.82) is 0 Å². The zero-order valence-corrected chi connectivity index (χ0v) is 21.4. The van der Waals surface area contributed by atoms with Crippen molar-refractivity contribution in [2.45, 2.75) is 41.5 Å². The lowest BCUT2D eigenvalue weighted by atomic mass is 9.71. The molecule has 0 radical (unpaired) electrons. The van der Waals surface area contributed by atoms with Crippen molar-refractivity contribution in [3.63, 3.8) is 0 Å². The van der Waals surface area contributed by atoms with Gasteiger partial charge in [0.2, 0.25) is 5.76 Å². The molecule has 1 saturated carbocycles. The molecule has 1 aliphatic carbocycles. The Kier molecular flexibility index (Phi) is 6.76. The number of fused-ring (bicyclic) bond motifs is 3. The van der Waals surface area contributed by atoms with E-state index in [2.05, 4.69) is 10.1 Å². The van der Waals surface area contributed by atoms with Crippen LogP contribution in [0.15, 0.2) is 57.8 Å². The van der Waals surface area contributed by atoms with Crippen LogP contribution in [0.1, 0.15) is 41.1 Å². The number of carbonyl (C=O) groups is 1. The molecule has 0 bridgehead atoms. The zero-order chi connectivity index (χ0) is 26.4. The number of carbonyl (C=O) groups excluding carboxylic acids is 1. The minimum Gasteiger partial charge on any atom is -0.490 e. The summed E-state index contributed by atoms with van der Waals surface area (Å²) in [6, 6.07) is 10.6. The van der Waals surface area contributed by atoms with Crippen molar-refractivity contribution >= 4 is 27.4 Å². The molecule has 0 saturated heterocycles. The Bertz CT molecular complexity index is 1440. The molecule has 1 N–H and O–H groups in total. The van der Waals surface area contributed by atoms with E-state index in [1.807, 2.05) is 0 Å². The smallest absolute Gasteiger partial charge is 0.373 e. The summed E-state index contributed by atoms with van der Waals surface area (Å²) in [5.41, 5.74) is -0.258. The summed E-state index contributed by atoms with van der Waals surface area (Å²) in [7, 11) is -2.94. The number of halogens is 3. The predicted octanol–water partition coefficient (Wildman–Crippen LogP) is 5.02. The molecule has 2 aromatic carbocycles. The number of hydrogen-bond acceptors (Lipinski definition) is 7. The van der Waals surface area contributed by atoms with Crippen molar-refractivity contribution in [2.24, 2.45) is 5.92 Å². The molecule has 2 heterocycles. The highest BCUT2D eigenvalue weighted by Crippen LogP contribution is 2.56. The van der Waals surface area contributed by atoms with Crippen LogP contribution >= 0.6 is 11.6 Å². The average molecular weight is 552 g/mol. The largest absolute Gasteiger partial charge is 0.490 e. The number of benzene rings is 2. The second-order valence-corrected chi connectivity index (χ2v) is 11.8. The van der Waals surface area contributed by atoms with E-state index in [1.54, 1.807) is 6.07 Å². The molecule has 1 fully saturated rings. The highest BCUT2D eigenvalue weighted by atomic mass is 35.5. The fourth-order valence-corrected chi connectivity index (χ4v) is 7.94. The maximum Gasteiger partial charge on any atom is 0.373 e. The molecule has 7 nitrogen and oxygen atoms in total. The predicted molar refractivity (Wildman–Crippen MR) is 130 cm³/mol. The molecular weight excluding hydrogens is 528 g/mol. The third kappa shape index (κ3) is 4.30. The van der Waals surface area contributed by atoms with E-state index in [9.17, 15) is 17.6 Å². The first-order valence-electron chi connectivity index (χ1n) is 11.7. The summed E-state index contributed by atoms with van der Waals surface area (Å²) in [5.74, 6) is -2.66. The van der Waals surface area contributed by atoms with E-state index >= 15 is 4.39 Å². The average Bonchev–Trinajstić information content (AvgIpc) is 3.38. The van der Waals surface area contributed by atoms with Gasteiger partial charge in [0.15, 0.2) is 21.4 Å². The molecule has 0 spiro atoms. The minimum atomic E-state index is -4.20. The van der Waals surface area contributed by atoms with Crippen LogP contribution < -0.4 is 10.1 Å². The molecule has 37 heavy (non-hydrogen) atoms. The van der Waals surface area contributed by atoms with E-state index in [0.29, 0.717) is 23.6 Å². The normalized spacial score (nSPS) is 23.0. The standard InChI is InChI=1S/C26H24ClF2NO6S/c1-34-25(31)22-9-4-18(36-22)13-30-17-10-11-26(37(32,33)19-5-2-16(27)3-6-19)15(12-17)14-35-24-21(29)8-7-20(28)23(24)26/h2-9,15,17,30H,10-14H2,1H3/t15-,17-,26+/m1/s1. The molecule has 5 rings (SSSR count). The molecular formula is C26H24ClF2NO6S. The van der Waals surface area contributed by atoms with Gasteiger partial charge in [0.05, 0.1) is 30.7 Å². The van der Waals surface area contributed by atoms with Gasteiger partial charge in [0.25, 0.3) is 0 Å². The second kappa shape index (κ2) is 9.74. The number of furan rings is 1. The third-order valence-corrected chi connectivity index (χ3v) is 10.1. The van der Waals surface area contributed by atoms with Crippen molar-refractivity contribution in [2.75, 3.05) is 13.7 Å². The SMILES string of the molecule is COC(=O)c1ccc(CN[C@@H]2CC[C@@]3(S(=O)(=O)c4ccc(Cl)cc4)c4c(F)ccc(F)c4OC[C@H]3C2)o1. The highest BCUT2D eigenvalue weighted by molar-refractivity contribution is 7.92. The minimum absolute atomic E-state index is 0.0178. The van der Waals surface area contributed by atoms with Gasteiger partial charge in [-0.1, -0.05) is 11.6 Å². The van der Waals surface area contributed by atoms with E-state index in [1.165, 1.54) is 37.4 Å². The van der Waals surface area contributed by atoms with Crippen LogP contribution in [0.3, 0.4) is 0 Å². The summed E-state index contributed by atoms with van der Waals surface area (Å²) < 4.78 is 72.5. The zero-order valence-electron chi connectivity index (χ0n) is 19.8. The van der Waals surface area contributed by atoms with Gasteiger partial charge in [-0.3, -0.25) is 0 Å². The maximum absolute atomic E-state index is 15.3.